The molecular formula is C21H17FN4OS. The summed E-state index contributed by atoms with van der Waals surface area (Å²) in [5.41, 5.74) is 4.21. The van der Waals surface area contributed by atoms with Gasteiger partial charge in [0, 0.05) is 30.1 Å². The van der Waals surface area contributed by atoms with Crippen molar-refractivity contribution in [1.29, 1.82) is 0 Å². The first-order valence-electron chi connectivity index (χ1n) is 8.80. The van der Waals surface area contributed by atoms with Crippen LogP contribution >= 0.6 is 11.3 Å². The van der Waals surface area contributed by atoms with Crippen molar-refractivity contribution >= 4 is 32.7 Å². The van der Waals surface area contributed by atoms with E-state index in [1.807, 2.05) is 37.3 Å². The Morgan fingerprint density at radius 3 is 2.71 bits per heavy atom. The van der Waals surface area contributed by atoms with Crippen LogP contribution < -0.4 is 10.6 Å². The van der Waals surface area contributed by atoms with Gasteiger partial charge in [-0.15, -0.1) is 0 Å². The second-order valence-electron chi connectivity index (χ2n) is 6.13. The van der Waals surface area contributed by atoms with Crippen molar-refractivity contribution in [2.24, 2.45) is 0 Å². The number of rotatable bonds is 4. The summed E-state index contributed by atoms with van der Waals surface area (Å²) in [6, 6.07) is 13.9. The third-order valence-corrected chi connectivity index (χ3v) is 5.20. The number of anilines is 1. The molecule has 4 aromatic rings. The highest BCUT2D eigenvalue weighted by Gasteiger charge is 2.14. The molecule has 0 aliphatic heterocycles. The lowest BCUT2D eigenvalue weighted by Gasteiger charge is -2.07. The summed E-state index contributed by atoms with van der Waals surface area (Å²) < 4.78 is 14.7. The minimum absolute atomic E-state index is 0.294. The number of benzene rings is 2. The number of hydrogen-bond acceptors (Lipinski definition) is 4. The number of hydrogen-bond donors (Lipinski definition) is 2. The molecular weight excluding hydrogens is 375 g/mol. The van der Waals surface area contributed by atoms with E-state index >= 15 is 0 Å². The predicted molar refractivity (Wildman–Crippen MR) is 111 cm³/mol. The Labute approximate surface area is 165 Å². The van der Waals surface area contributed by atoms with Gasteiger partial charge in [-0.2, -0.15) is 0 Å². The molecule has 0 unspecified atom stereocenters. The van der Waals surface area contributed by atoms with Crippen LogP contribution in [0.2, 0.25) is 0 Å². The van der Waals surface area contributed by atoms with Gasteiger partial charge in [-0.05, 0) is 48.4 Å². The number of halogens is 1. The Kier molecular flexibility index (Phi) is 4.99. The zero-order valence-electron chi connectivity index (χ0n) is 15.1. The van der Waals surface area contributed by atoms with Gasteiger partial charge in [-0.1, -0.05) is 29.5 Å². The van der Waals surface area contributed by atoms with E-state index in [0.717, 1.165) is 32.5 Å². The fourth-order valence-electron chi connectivity index (χ4n) is 2.96. The Balaban J connectivity index is 1.87. The number of thiazole rings is 1. The van der Waals surface area contributed by atoms with Crippen molar-refractivity contribution in [1.82, 2.24) is 15.3 Å². The number of urea groups is 1. The van der Waals surface area contributed by atoms with Crippen molar-refractivity contribution in [3.05, 3.63) is 66.7 Å². The van der Waals surface area contributed by atoms with Gasteiger partial charge in [0.1, 0.15) is 5.82 Å². The van der Waals surface area contributed by atoms with Crippen LogP contribution in [-0.2, 0) is 0 Å². The summed E-state index contributed by atoms with van der Waals surface area (Å²) in [6.07, 6.45) is 3.49. The molecule has 140 valence electrons. The Bertz CT molecular complexity index is 1140. The van der Waals surface area contributed by atoms with E-state index in [9.17, 15) is 9.18 Å². The molecule has 2 heterocycles. The molecule has 0 aliphatic carbocycles. The number of pyridine rings is 1. The van der Waals surface area contributed by atoms with Gasteiger partial charge >= 0.3 is 6.03 Å². The quantitative estimate of drug-likeness (QED) is 0.495. The molecule has 5 nitrogen and oxygen atoms in total. The zero-order chi connectivity index (χ0) is 19.5. The number of fused-ring (bicyclic) bond motifs is 1. The Morgan fingerprint density at radius 2 is 1.96 bits per heavy atom. The lowest BCUT2D eigenvalue weighted by atomic mass is 9.99. The first-order valence-corrected chi connectivity index (χ1v) is 9.61. The molecule has 2 amide bonds. The highest BCUT2D eigenvalue weighted by molar-refractivity contribution is 7.22. The highest BCUT2D eigenvalue weighted by atomic mass is 32.1. The maximum absolute atomic E-state index is 13.7. The third-order valence-electron chi connectivity index (χ3n) is 4.18. The van der Waals surface area contributed by atoms with Crippen molar-refractivity contribution < 1.29 is 9.18 Å². The van der Waals surface area contributed by atoms with Gasteiger partial charge in [0.2, 0.25) is 0 Å². The second-order valence-corrected chi connectivity index (χ2v) is 7.13. The van der Waals surface area contributed by atoms with Crippen LogP contribution in [0.4, 0.5) is 14.3 Å². The van der Waals surface area contributed by atoms with Gasteiger partial charge in [-0.25, -0.2) is 14.2 Å². The smallest absolute Gasteiger partial charge is 0.321 e. The molecule has 0 saturated carbocycles. The van der Waals surface area contributed by atoms with Gasteiger partial charge in [0.15, 0.2) is 5.13 Å². The number of carbonyl (C=O) groups is 1. The maximum atomic E-state index is 13.7. The minimum atomic E-state index is -0.296. The van der Waals surface area contributed by atoms with E-state index in [0.29, 0.717) is 11.7 Å². The molecule has 0 atom stereocenters. The maximum Gasteiger partial charge on any atom is 0.321 e. The lowest BCUT2D eigenvalue weighted by molar-refractivity contribution is 0.252. The normalized spacial score (nSPS) is 10.8. The molecule has 2 aromatic heterocycles. The summed E-state index contributed by atoms with van der Waals surface area (Å²) in [6.45, 7) is 2.38. The monoisotopic (exact) mass is 392 g/mol. The average Bonchev–Trinajstić information content (AvgIpc) is 3.10. The fraction of sp³-hybridized carbons (Fsp3) is 0.0952. The predicted octanol–water partition coefficient (Wildman–Crippen LogP) is 5.31. The summed E-state index contributed by atoms with van der Waals surface area (Å²) in [7, 11) is 0. The van der Waals surface area contributed by atoms with Gasteiger partial charge in [0.25, 0.3) is 0 Å². The molecule has 28 heavy (non-hydrogen) atoms. The van der Waals surface area contributed by atoms with Crippen LogP contribution in [-0.4, -0.2) is 22.5 Å². The van der Waals surface area contributed by atoms with Crippen LogP contribution in [0.15, 0.2) is 60.9 Å². The van der Waals surface area contributed by atoms with E-state index in [4.69, 9.17) is 0 Å². The molecule has 0 spiro atoms. The van der Waals surface area contributed by atoms with E-state index in [1.165, 1.54) is 23.5 Å². The van der Waals surface area contributed by atoms with Crippen LogP contribution in [0.3, 0.4) is 0 Å². The van der Waals surface area contributed by atoms with Gasteiger partial charge in [-0.3, -0.25) is 10.3 Å². The second kappa shape index (κ2) is 7.74. The standard InChI is InChI=1S/C21H17FN4OS/c1-2-24-20(27)26-21-25-18-11-15(13-5-3-7-16(22)9-13)10-17(19(18)28-21)14-6-4-8-23-12-14/h3-12H,2H2,1H3,(H2,24,25,26,27). The van der Waals surface area contributed by atoms with Crippen molar-refractivity contribution in [2.45, 2.75) is 6.92 Å². The summed E-state index contributed by atoms with van der Waals surface area (Å²) >= 11 is 1.40. The van der Waals surface area contributed by atoms with E-state index in [2.05, 4.69) is 20.6 Å². The summed E-state index contributed by atoms with van der Waals surface area (Å²) in [4.78, 5) is 20.6. The molecule has 2 N–H and O–H groups in total. The first kappa shape index (κ1) is 18.1. The molecule has 7 heteroatoms. The first-order chi connectivity index (χ1) is 13.6. The number of aromatic nitrogens is 2. The van der Waals surface area contributed by atoms with Gasteiger partial charge < -0.3 is 5.32 Å². The number of amides is 2. The molecule has 0 aliphatic rings. The Morgan fingerprint density at radius 1 is 1.11 bits per heavy atom. The Hall–Kier alpha value is -3.32. The van der Waals surface area contributed by atoms with Crippen molar-refractivity contribution in [3.63, 3.8) is 0 Å². The minimum Gasteiger partial charge on any atom is -0.338 e. The number of carbonyl (C=O) groups excluding carboxylic acids is 1. The van der Waals surface area contributed by atoms with Crippen molar-refractivity contribution in [3.8, 4) is 22.3 Å². The summed E-state index contributed by atoms with van der Waals surface area (Å²) in [5, 5.41) is 5.96. The number of nitrogens with zero attached hydrogens (tertiary/aromatic N) is 2. The van der Waals surface area contributed by atoms with E-state index < -0.39 is 0 Å². The fourth-order valence-corrected chi connectivity index (χ4v) is 3.94. The topological polar surface area (TPSA) is 66.9 Å². The van der Waals surface area contributed by atoms with Gasteiger partial charge in [0.05, 0.1) is 10.2 Å². The molecule has 0 fully saturated rings. The van der Waals surface area contributed by atoms with Crippen LogP contribution in [0.25, 0.3) is 32.5 Å². The molecule has 2 aromatic carbocycles. The van der Waals surface area contributed by atoms with E-state index in [-0.39, 0.29) is 11.8 Å². The van der Waals surface area contributed by atoms with Crippen molar-refractivity contribution in [2.75, 3.05) is 11.9 Å². The highest BCUT2D eigenvalue weighted by Crippen LogP contribution is 2.38. The molecule has 4 rings (SSSR count). The van der Waals surface area contributed by atoms with Crippen LogP contribution in [0.5, 0.6) is 0 Å². The lowest BCUT2D eigenvalue weighted by Crippen LogP contribution is -2.28. The van der Waals surface area contributed by atoms with Crippen LogP contribution in [0.1, 0.15) is 6.92 Å². The average molecular weight is 392 g/mol. The van der Waals surface area contributed by atoms with E-state index in [1.54, 1.807) is 18.5 Å². The van der Waals surface area contributed by atoms with Crippen LogP contribution in [0, 0.1) is 5.82 Å². The molecule has 0 saturated heterocycles. The third kappa shape index (κ3) is 3.70. The number of nitrogens with one attached hydrogen (secondary N) is 2. The molecule has 0 radical (unpaired) electrons. The zero-order valence-corrected chi connectivity index (χ0v) is 15.9. The molecule has 0 bridgehead atoms. The summed E-state index contributed by atoms with van der Waals surface area (Å²) in [5.74, 6) is -0.294. The SMILES string of the molecule is CCNC(=O)Nc1nc2cc(-c3cccc(F)c3)cc(-c3cccnc3)c2s1. The largest absolute Gasteiger partial charge is 0.338 e.